The molecule has 27 heavy (non-hydrogen) atoms. The highest BCUT2D eigenvalue weighted by Gasteiger charge is 2.36. The first kappa shape index (κ1) is 19.5. The van der Waals surface area contributed by atoms with Crippen LogP contribution in [0.4, 0.5) is 24.5 Å². The number of nitrogens with zero attached hydrogens (tertiary/aromatic N) is 1. The summed E-state index contributed by atoms with van der Waals surface area (Å²) < 4.78 is 38.5. The molecule has 2 aromatic carbocycles. The van der Waals surface area contributed by atoms with Crippen molar-refractivity contribution in [1.29, 1.82) is 0 Å². The van der Waals surface area contributed by atoms with E-state index in [0.29, 0.717) is 10.7 Å². The molecular weight excluding hydrogens is 404 g/mol. The van der Waals surface area contributed by atoms with Crippen LogP contribution in [0.25, 0.3) is 0 Å². The van der Waals surface area contributed by atoms with Crippen LogP contribution in [0.5, 0.6) is 0 Å². The van der Waals surface area contributed by atoms with E-state index in [4.69, 9.17) is 23.2 Å². The standard InChI is InChI=1S/C18H13Cl2F3N2O2/c19-12-2-1-3-13(8-12)25-9-10(6-16(25)26)17(27)24-15-7-11(18(21,22)23)4-5-14(15)20/h1-5,7-8,10H,6,9H2,(H,24,27)/t10-/m1/s1. The van der Waals surface area contributed by atoms with Gasteiger partial charge in [-0.05, 0) is 36.4 Å². The molecule has 0 bridgehead atoms. The van der Waals surface area contributed by atoms with Crippen LogP contribution >= 0.6 is 23.2 Å². The highest BCUT2D eigenvalue weighted by atomic mass is 35.5. The molecule has 1 atom stereocenters. The van der Waals surface area contributed by atoms with Crippen molar-refractivity contribution in [1.82, 2.24) is 0 Å². The van der Waals surface area contributed by atoms with Gasteiger partial charge in [-0.25, -0.2) is 0 Å². The molecular formula is C18H13Cl2F3N2O2. The number of amides is 2. The Labute approximate surface area is 162 Å². The minimum Gasteiger partial charge on any atom is -0.324 e. The van der Waals surface area contributed by atoms with E-state index < -0.39 is 23.6 Å². The lowest BCUT2D eigenvalue weighted by atomic mass is 10.1. The quantitative estimate of drug-likeness (QED) is 0.764. The monoisotopic (exact) mass is 416 g/mol. The molecule has 2 aromatic rings. The second-order valence-electron chi connectivity index (χ2n) is 6.07. The van der Waals surface area contributed by atoms with Gasteiger partial charge < -0.3 is 10.2 Å². The van der Waals surface area contributed by atoms with Gasteiger partial charge in [-0.1, -0.05) is 29.3 Å². The Kier molecular flexibility index (Phi) is 5.35. The van der Waals surface area contributed by atoms with E-state index in [1.807, 2.05) is 0 Å². The zero-order valence-electron chi connectivity index (χ0n) is 13.7. The van der Waals surface area contributed by atoms with Crippen LogP contribution in [0.2, 0.25) is 10.0 Å². The first-order valence-electron chi connectivity index (χ1n) is 7.88. The number of carbonyl (C=O) groups excluding carboxylic acids is 2. The van der Waals surface area contributed by atoms with E-state index in [2.05, 4.69) is 5.32 Å². The minimum absolute atomic E-state index is 0.0210. The molecule has 0 aromatic heterocycles. The first-order valence-corrected chi connectivity index (χ1v) is 8.64. The molecule has 3 rings (SSSR count). The molecule has 2 amide bonds. The summed E-state index contributed by atoms with van der Waals surface area (Å²) >= 11 is 11.8. The van der Waals surface area contributed by atoms with Crippen molar-refractivity contribution in [2.45, 2.75) is 12.6 Å². The van der Waals surface area contributed by atoms with Crippen LogP contribution in [0.15, 0.2) is 42.5 Å². The van der Waals surface area contributed by atoms with Gasteiger partial charge in [-0.2, -0.15) is 13.2 Å². The van der Waals surface area contributed by atoms with Crippen molar-refractivity contribution in [2.24, 2.45) is 5.92 Å². The lowest BCUT2D eigenvalue weighted by molar-refractivity contribution is -0.137. The molecule has 1 heterocycles. The van der Waals surface area contributed by atoms with Crippen molar-refractivity contribution in [2.75, 3.05) is 16.8 Å². The Morgan fingerprint density at radius 2 is 1.89 bits per heavy atom. The van der Waals surface area contributed by atoms with Crippen molar-refractivity contribution >= 4 is 46.4 Å². The predicted molar refractivity (Wildman–Crippen MR) is 97.0 cm³/mol. The molecule has 0 saturated carbocycles. The molecule has 0 radical (unpaired) electrons. The number of hydrogen-bond donors (Lipinski definition) is 1. The average molecular weight is 417 g/mol. The lowest BCUT2D eigenvalue weighted by Gasteiger charge is -2.17. The number of alkyl halides is 3. The highest BCUT2D eigenvalue weighted by Crippen LogP contribution is 2.34. The summed E-state index contributed by atoms with van der Waals surface area (Å²) in [5.74, 6) is -1.57. The number of hydrogen-bond acceptors (Lipinski definition) is 2. The summed E-state index contributed by atoms with van der Waals surface area (Å²) in [7, 11) is 0. The molecule has 1 fully saturated rings. The predicted octanol–water partition coefficient (Wildman–Crippen LogP) is 5.00. The van der Waals surface area contributed by atoms with E-state index in [1.54, 1.807) is 24.3 Å². The van der Waals surface area contributed by atoms with Gasteiger partial charge in [0.2, 0.25) is 11.8 Å². The first-order chi connectivity index (χ1) is 12.6. The third-order valence-corrected chi connectivity index (χ3v) is 4.73. The summed E-state index contributed by atoms with van der Waals surface area (Å²) in [5.41, 5.74) is -0.518. The maximum atomic E-state index is 12.8. The van der Waals surface area contributed by atoms with E-state index in [-0.39, 0.29) is 29.6 Å². The minimum atomic E-state index is -4.56. The summed E-state index contributed by atoms with van der Waals surface area (Å²) in [6.45, 7) is 0.0988. The summed E-state index contributed by atoms with van der Waals surface area (Å²) in [6, 6.07) is 9.30. The summed E-state index contributed by atoms with van der Waals surface area (Å²) in [6.07, 6.45) is -4.62. The Bertz CT molecular complexity index is 902. The van der Waals surface area contributed by atoms with Gasteiger partial charge in [0.15, 0.2) is 0 Å². The van der Waals surface area contributed by atoms with E-state index >= 15 is 0 Å². The molecule has 0 spiro atoms. The molecule has 1 saturated heterocycles. The smallest absolute Gasteiger partial charge is 0.324 e. The van der Waals surface area contributed by atoms with Gasteiger partial charge >= 0.3 is 6.18 Å². The van der Waals surface area contributed by atoms with Crippen LogP contribution in [0.1, 0.15) is 12.0 Å². The van der Waals surface area contributed by atoms with Crippen LogP contribution in [-0.4, -0.2) is 18.4 Å². The SMILES string of the molecule is O=C(Nc1cc(C(F)(F)F)ccc1Cl)[C@@H]1CC(=O)N(c2cccc(Cl)c2)C1. The topological polar surface area (TPSA) is 49.4 Å². The molecule has 0 aliphatic carbocycles. The van der Waals surface area contributed by atoms with Crippen LogP contribution in [-0.2, 0) is 15.8 Å². The second-order valence-corrected chi connectivity index (χ2v) is 6.91. The fourth-order valence-corrected chi connectivity index (χ4v) is 3.16. The molecule has 1 N–H and O–H groups in total. The van der Waals surface area contributed by atoms with Gasteiger partial charge in [0.1, 0.15) is 0 Å². The molecule has 142 valence electrons. The maximum Gasteiger partial charge on any atom is 0.416 e. The van der Waals surface area contributed by atoms with Crippen molar-refractivity contribution in [3.8, 4) is 0 Å². The Hall–Kier alpha value is -2.25. The number of anilines is 2. The summed E-state index contributed by atoms with van der Waals surface area (Å²) in [4.78, 5) is 26.1. The maximum absolute atomic E-state index is 12.8. The van der Waals surface area contributed by atoms with Crippen molar-refractivity contribution < 1.29 is 22.8 Å². The Morgan fingerprint density at radius 3 is 2.56 bits per heavy atom. The van der Waals surface area contributed by atoms with Crippen LogP contribution < -0.4 is 10.2 Å². The third kappa shape index (κ3) is 4.36. The lowest BCUT2D eigenvalue weighted by Crippen LogP contribution is -2.28. The molecule has 9 heteroatoms. The van der Waals surface area contributed by atoms with E-state index in [1.165, 1.54) is 4.90 Å². The van der Waals surface area contributed by atoms with Gasteiger partial charge in [0.25, 0.3) is 0 Å². The van der Waals surface area contributed by atoms with Gasteiger partial charge in [0, 0.05) is 23.7 Å². The zero-order valence-corrected chi connectivity index (χ0v) is 15.2. The van der Waals surface area contributed by atoms with Gasteiger partial charge in [0.05, 0.1) is 22.2 Å². The van der Waals surface area contributed by atoms with Gasteiger partial charge in [-0.3, -0.25) is 9.59 Å². The number of carbonyl (C=O) groups is 2. The fraction of sp³-hybridized carbons (Fsp3) is 0.222. The Morgan fingerprint density at radius 1 is 1.15 bits per heavy atom. The molecule has 4 nitrogen and oxygen atoms in total. The largest absolute Gasteiger partial charge is 0.416 e. The van der Waals surface area contributed by atoms with Gasteiger partial charge in [-0.15, -0.1) is 0 Å². The third-order valence-electron chi connectivity index (χ3n) is 4.17. The second kappa shape index (κ2) is 7.40. The number of nitrogens with one attached hydrogen (secondary N) is 1. The zero-order chi connectivity index (χ0) is 19.8. The van der Waals surface area contributed by atoms with E-state index in [0.717, 1.165) is 18.2 Å². The normalized spacial score (nSPS) is 17.3. The summed E-state index contributed by atoms with van der Waals surface area (Å²) in [5, 5.41) is 2.82. The average Bonchev–Trinajstić information content (AvgIpc) is 2.98. The van der Waals surface area contributed by atoms with Crippen molar-refractivity contribution in [3.63, 3.8) is 0 Å². The van der Waals surface area contributed by atoms with Crippen LogP contribution in [0.3, 0.4) is 0 Å². The van der Waals surface area contributed by atoms with E-state index in [9.17, 15) is 22.8 Å². The fourth-order valence-electron chi connectivity index (χ4n) is 2.81. The number of benzene rings is 2. The molecule has 1 aliphatic heterocycles. The molecule has 1 aliphatic rings. The number of rotatable bonds is 3. The molecule has 0 unspecified atom stereocenters. The van der Waals surface area contributed by atoms with Crippen molar-refractivity contribution in [3.05, 3.63) is 58.1 Å². The van der Waals surface area contributed by atoms with Crippen LogP contribution in [0, 0.1) is 5.92 Å². The highest BCUT2D eigenvalue weighted by molar-refractivity contribution is 6.33. The Balaban J connectivity index is 1.75. The number of halogens is 5.